The van der Waals surface area contributed by atoms with E-state index in [1.165, 1.54) is 31.3 Å². The van der Waals surface area contributed by atoms with Gasteiger partial charge < -0.3 is 5.32 Å². The van der Waals surface area contributed by atoms with Crippen LogP contribution in [0.4, 0.5) is 0 Å². The van der Waals surface area contributed by atoms with Crippen LogP contribution in [-0.4, -0.2) is 17.7 Å². The number of nitrogens with one attached hydrogen (secondary N) is 1. The fourth-order valence-corrected chi connectivity index (χ4v) is 7.04. The number of carbonyl (C=O) groups is 2. The molecule has 132 valence electrons. The summed E-state index contributed by atoms with van der Waals surface area (Å²) >= 11 is 0. The molecule has 0 saturated heterocycles. The third-order valence-electron chi connectivity index (χ3n) is 8.34. The fourth-order valence-electron chi connectivity index (χ4n) is 7.04. The summed E-state index contributed by atoms with van der Waals surface area (Å²) in [5.74, 6) is 2.71. The third kappa shape index (κ3) is 2.23. The summed E-state index contributed by atoms with van der Waals surface area (Å²) in [6.45, 7) is 6.52. The molecule has 4 aliphatic rings. The highest BCUT2D eigenvalue weighted by Crippen LogP contribution is 2.65. The molecule has 24 heavy (non-hydrogen) atoms. The minimum Gasteiger partial charge on any atom is -0.353 e. The largest absolute Gasteiger partial charge is 0.353 e. The second kappa shape index (κ2) is 5.44. The van der Waals surface area contributed by atoms with Gasteiger partial charge in [0.15, 0.2) is 5.78 Å². The molecular weight excluding hydrogens is 298 g/mol. The van der Waals surface area contributed by atoms with E-state index in [1.807, 2.05) is 6.08 Å². The molecule has 3 saturated carbocycles. The number of fused-ring (bicyclic) bond motifs is 5. The van der Waals surface area contributed by atoms with E-state index in [-0.39, 0.29) is 16.7 Å². The maximum Gasteiger partial charge on any atom is 0.217 e. The zero-order valence-corrected chi connectivity index (χ0v) is 15.4. The Labute approximate surface area is 145 Å². The van der Waals surface area contributed by atoms with Crippen molar-refractivity contribution in [1.29, 1.82) is 0 Å². The number of allylic oxidation sites excluding steroid dienone is 1. The summed E-state index contributed by atoms with van der Waals surface area (Å²) in [6.07, 6.45) is 11.0. The van der Waals surface area contributed by atoms with E-state index in [0.717, 1.165) is 43.4 Å². The minimum absolute atomic E-state index is 0.121. The Morgan fingerprint density at radius 2 is 1.88 bits per heavy atom. The normalized spacial score (nSPS) is 47.3. The summed E-state index contributed by atoms with van der Waals surface area (Å²) in [5.41, 5.74) is 1.97. The molecule has 0 bridgehead atoms. The Balaban J connectivity index is 1.62. The van der Waals surface area contributed by atoms with Gasteiger partial charge in [-0.3, -0.25) is 9.59 Å². The Morgan fingerprint density at radius 3 is 2.62 bits per heavy atom. The number of carbonyl (C=O) groups excluding carboxylic acids is 2. The first-order valence-corrected chi connectivity index (χ1v) is 9.85. The Hall–Kier alpha value is -1.12. The zero-order chi connectivity index (χ0) is 17.1. The molecule has 3 nitrogen and oxygen atoms in total. The van der Waals surface area contributed by atoms with Gasteiger partial charge in [-0.2, -0.15) is 0 Å². The number of rotatable bonds is 1. The molecule has 0 spiro atoms. The van der Waals surface area contributed by atoms with Crippen molar-refractivity contribution in [3.63, 3.8) is 0 Å². The monoisotopic (exact) mass is 329 g/mol. The molecule has 0 aromatic carbocycles. The Kier molecular flexibility index (Phi) is 3.71. The van der Waals surface area contributed by atoms with Gasteiger partial charge >= 0.3 is 0 Å². The zero-order valence-electron chi connectivity index (χ0n) is 15.4. The molecule has 0 aromatic rings. The van der Waals surface area contributed by atoms with Gasteiger partial charge in [0, 0.05) is 19.4 Å². The fraction of sp³-hybridized carbons (Fsp3) is 0.810. The Bertz CT molecular complexity index is 609. The van der Waals surface area contributed by atoms with Crippen LogP contribution in [0.3, 0.4) is 0 Å². The van der Waals surface area contributed by atoms with Crippen LogP contribution in [0.15, 0.2) is 11.6 Å². The van der Waals surface area contributed by atoms with Crippen molar-refractivity contribution in [2.45, 2.75) is 78.2 Å². The van der Waals surface area contributed by atoms with Crippen LogP contribution >= 0.6 is 0 Å². The molecule has 3 fully saturated rings. The number of hydrogen-bond donors (Lipinski definition) is 1. The van der Waals surface area contributed by atoms with Crippen LogP contribution in [-0.2, 0) is 9.59 Å². The Morgan fingerprint density at radius 1 is 1.08 bits per heavy atom. The van der Waals surface area contributed by atoms with Crippen molar-refractivity contribution >= 4 is 11.7 Å². The summed E-state index contributed by atoms with van der Waals surface area (Å²) in [5, 5.41) is 3.25. The highest BCUT2D eigenvalue weighted by atomic mass is 16.1. The molecule has 0 aromatic heterocycles. The summed E-state index contributed by atoms with van der Waals surface area (Å²) in [4.78, 5) is 23.5. The molecule has 6 atom stereocenters. The molecule has 0 unspecified atom stereocenters. The average molecular weight is 329 g/mol. The second-order valence-corrected chi connectivity index (χ2v) is 9.34. The molecule has 4 rings (SSSR count). The van der Waals surface area contributed by atoms with Gasteiger partial charge in [-0.1, -0.05) is 19.4 Å². The van der Waals surface area contributed by atoms with E-state index in [9.17, 15) is 9.59 Å². The topological polar surface area (TPSA) is 46.2 Å². The van der Waals surface area contributed by atoms with Crippen molar-refractivity contribution < 1.29 is 9.59 Å². The summed E-state index contributed by atoms with van der Waals surface area (Å²) in [6, 6.07) is 0.360. The van der Waals surface area contributed by atoms with Crippen LogP contribution in [0, 0.1) is 28.6 Å². The number of hydrogen-bond acceptors (Lipinski definition) is 2. The number of ketones is 1. The van der Waals surface area contributed by atoms with Crippen molar-refractivity contribution in [3.05, 3.63) is 11.6 Å². The van der Waals surface area contributed by atoms with E-state index < -0.39 is 0 Å². The van der Waals surface area contributed by atoms with Gasteiger partial charge in [-0.25, -0.2) is 0 Å². The van der Waals surface area contributed by atoms with E-state index in [4.69, 9.17) is 0 Å². The second-order valence-electron chi connectivity index (χ2n) is 9.34. The van der Waals surface area contributed by atoms with E-state index in [1.54, 1.807) is 6.92 Å². The van der Waals surface area contributed by atoms with Crippen LogP contribution in [0.1, 0.15) is 72.1 Å². The lowest BCUT2D eigenvalue weighted by molar-refractivity contribution is -0.121. The molecule has 1 N–H and O–H groups in total. The maximum absolute atomic E-state index is 11.9. The highest BCUT2D eigenvalue weighted by molar-refractivity contribution is 5.91. The predicted octanol–water partition coefficient (Wildman–Crippen LogP) is 4.02. The molecule has 0 aliphatic heterocycles. The van der Waals surface area contributed by atoms with Gasteiger partial charge in [-0.15, -0.1) is 0 Å². The average Bonchev–Trinajstić information content (AvgIpc) is 2.84. The van der Waals surface area contributed by atoms with Crippen molar-refractivity contribution in [1.82, 2.24) is 5.32 Å². The van der Waals surface area contributed by atoms with Gasteiger partial charge in [0.25, 0.3) is 0 Å². The van der Waals surface area contributed by atoms with Crippen molar-refractivity contribution in [2.75, 3.05) is 0 Å². The lowest BCUT2D eigenvalue weighted by Gasteiger charge is -2.58. The van der Waals surface area contributed by atoms with Crippen LogP contribution in [0.2, 0.25) is 0 Å². The third-order valence-corrected chi connectivity index (χ3v) is 8.34. The minimum atomic E-state index is 0.121. The standard InChI is InChI=1S/C21H31NO2/c1-13(23)22-19-7-6-17-16-5-4-14-12-15(24)8-10-20(14,2)18(16)9-11-21(17,19)3/h12,16-19H,4-11H2,1-3H3,(H,22,23)/t16-,17-,18-,19+,20+,21-/m1/s1. The molecule has 0 heterocycles. The van der Waals surface area contributed by atoms with Crippen LogP contribution in [0.25, 0.3) is 0 Å². The summed E-state index contributed by atoms with van der Waals surface area (Å²) in [7, 11) is 0. The molecular formula is C21H31NO2. The van der Waals surface area contributed by atoms with Gasteiger partial charge in [-0.05, 0) is 79.6 Å². The van der Waals surface area contributed by atoms with Gasteiger partial charge in [0.1, 0.15) is 0 Å². The SMILES string of the molecule is CC(=O)N[C@H]1CC[C@@H]2[C@H]3CCC4=CC(=O)CC[C@]4(C)[C@@H]3CC[C@@]12C. The van der Waals surface area contributed by atoms with E-state index in [2.05, 4.69) is 19.2 Å². The molecule has 4 aliphatic carbocycles. The van der Waals surface area contributed by atoms with E-state index in [0.29, 0.717) is 11.8 Å². The first kappa shape index (κ1) is 16.4. The van der Waals surface area contributed by atoms with Crippen LogP contribution in [0.5, 0.6) is 0 Å². The lowest BCUT2D eigenvalue weighted by atomic mass is 9.47. The van der Waals surface area contributed by atoms with Crippen molar-refractivity contribution in [2.24, 2.45) is 28.6 Å². The first-order chi connectivity index (χ1) is 11.3. The molecule has 3 heteroatoms. The smallest absolute Gasteiger partial charge is 0.217 e. The summed E-state index contributed by atoms with van der Waals surface area (Å²) < 4.78 is 0. The lowest BCUT2D eigenvalue weighted by Crippen LogP contribution is -2.53. The van der Waals surface area contributed by atoms with Gasteiger partial charge in [0.2, 0.25) is 5.91 Å². The highest BCUT2D eigenvalue weighted by Gasteiger charge is 2.59. The first-order valence-electron chi connectivity index (χ1n) is 9.85. The van der Waals surface area contributed by atoms with E-state index >= 15 is 0 Å². The van der Waals surface area contributed by atoms with Crippen LogP contribution < -0.4 is 5.32 Å². The predicted molar refractivity (Wildman–Crippen MR) is 94.3 cm³/mol. The quantitative estimate of drug-likeness (QED) is 0.789. The molecule has 0 radical (unpaired) electrons. The molecule has 1 amide bonds. The maximum atomic E-state index is 11.9. The number of amides is 1. The van der Waals surface area contributed by atoms with Gasteiger partial charge in [0.05, 0.1) is 0 Å². The van der Waals surface area contributed by atoms with Crippen molar-refractivity contribution in [3.8, 4) is 0 Å².